The highest BCUT2D eigenvalue weighted by atomic mass is 16.5. The lowest BCUT2D eigenvalue weighted by Crippen LogP contribution is -2.33. The molecule has 1 amide bonds. The zero-order chi connectivity index (χ0) is 15.4. The Morgan fingerprint density at radius 3 is 2.76 bits per heavy atom. The van der Waals surface area contributed by atoms with Crippen LogP contribution in [0.25, 0.3) is 0 Å². The fraction of sp³-hybridized carbons (Fsp3) is 0.400. The number of likely N-dealkylation sites (tertiary alicyclic amines) is 1. The van der Waals surface area contributed by atoms with Crippen LogP contribution in [0.5, 0.6) is 5.75 Å². The van der Waals surface area contributed by atoms with E-state index in [-0.39, 0.29) is 24.8 Å². The quantitative estimate of drug-likeness (QED) is 0.824. The van der Waals surface area contributed by atoms with Crippen molar-refractivity contribution in [3.8, 4) is 5.75 Å². The molecular weight excluding hydrogens is 274 g/mol. The normalized spacial score (nSPS) is 17.6. The van der Waals surface area contributed by atoms with Crippen LogP contribution in [-0.2, 0) is 9.59 Å². The van der Waals surface area contributed by atoms with Crippen molar-refractivity contribution >= 4 is 17.7 Å². The third-order valence-corrected chi connectivity index (χ3v) is 3.49. The number of benzene rings is 1. The molecule has 1 aromatic carbocycles. The molecule has 0 bridgehead atoms. The lowest BCUT2D eigenvalue weighted by atomic mass is 10.1. The molecule has 6 heteroatoms. The molecule has 1 aliphatic rings. The first-order valence-corrected chi connectivity index (χ1v) is 6.71. The largest absolute Gasteiger partial charge is 0.484 e. The third-order valence-electron chi connectivity index (χ3n) is 3.49. The zero-order valence-electron chi connectivity index (χ0n) is 11.7. The number of ketones is 1. The van der Waals surface area contributed by atoms with Crippen LogP contribution in [-0.4, -0.2) is 47.4 Å². The topological polar surface area (TPSA) is 83.9 Å². The van der Waals surface area contributed by atoms with E-state index in [2.05, 4.69) is 0 Å². The summed E-state index contributed by atoms with van der Waals surface area (Å²) in [5.74, 6) is -1.23. The molecule has 112 valence electrons. The average Bonchev–Trinajstić information content (AvgIpc) is 2.95. The van der Waals surface area contributed by atoms with Gasteiger partial charge in [-0.15, -0.1) is 0 Å². The van der Waals surface area contributed by atoms with E-state index in [1.165, 1.54) is 11.8 Å². The van der Waals surface area contributed by atoms with E-state index >= 15 is 0 Å². The number of ether oxygens (including phenoxy) is 1. The Bertz CT molecular complexity index is 569. The molecule has 1 fully saturated rings. The number of carboxylic acid groups (broad SMARTS) is 1. The van der Waals surface area contributed by atoms with Crippen molar-refractivity contribution in [3.63, 3.8) is 0 Å². The van der Waals surface area contributed by atoms with Gasteiger partial charge in [-0.25, -0.2) is 0 Å². The SMILES string of the molecule is CC(=O)c1cccc(OCC(=O)N2CCC(C(=O)O)C2)c1. The number of amides is 1. The van der Waals surface area contributed by atoms with Gasteiger partial charge in [0.2, 0.25) is 0 Å². The Balaban J connectivity index is 1.88. The zero-order valence-corrected chi connectivity index (χ0v) is 11.7. The van der Waals surface area contributed by atoms with Crippen molar-refractivity contribution in [2.24, 2.45) is 5.92 Å². The fourth-order valence-electron chi connectivity index (χ4n) is 2.23. The summed E-state index contributed by atoms with van der Waals surface area (Å²) in [5.41, 5.74) is 0.520. The molecule has 1 aromatic rings. The lowest BCUT2D eigenvalue weighted by molar-refractivity contribution is -0.141. The molecule has 1 N–H and O–H groups in total. The molecule has 1 aliphatic heterocycles. The molecule has 0 radical (unpaired) electrons. The van der Waals surface area contributed by atoms with Crippen LogP contribution in [0.15, 0.2) is 24.3 Å². The fourth-order valence-corrected chi connectivity index (χ4v) is 2.23. The molecular formula is C15H17NO5. The van der Waals surface area contributed by atoms with Crippen LogP contribution in [0.3, 0.4) is 0 Å². The molecule has 0 spiro atoms. The second kappa shape index (κ2) is 6.39. The second-order valence-corrected chi connectivity index (χ2v) is 5.04. The first kappa shape index (κ1) is 15.0. The molecule has 6 nitrogen and oxygen atoms in total. The Kier molecular flexibility index (Phi) is 4.57. The van der Waals surface area contributed by atoms with E-state index in [9.17, 15) is 14.4 Å². The monoisotopic (exact) mass is 291 g/mol. The number of carbonyl (C=O) groups excluding carboxylic acids is 2. The van der Waals surface area contributed by atoms with Gasteiger partial charge in [-0.1, -0.05) is 12.1 Å². The summed E-state index contributed by atoms with van der Waals surface area (Å²) in [4.78, 5) is 35.5. The van der Waals surface area contributed by atoms with Crippen LogP contribution in [0.1, 0.15) is 23.7 Å². The number of hydrogen-bond acceptors (Lipinski definition) is 4. The van der Waals surface area contributed by atoms with Crippen LogP contribution < -0.4 is 4.74 Å². The van der Waals surface area contributed by atoms with E-state index < -0.39 is 11.9 Å². The van der Waals surface area contributed by atoms with Gasteiger partial charge in [0.15, 0.2) is 12.4 Å². The Morgan fingerprint density at radius 1 is 1.38 bits per heavy atom. The first-order valence-electron chi connectivity index (χ1n) is 6.71. The van der Waals surface area contributed by atoms with E-state index in [0.717, 1.165) is 0 Å². The van der Waals surface area contributed by atoms with Crippen LogP contribution in [0, 0.1) is 5.92 Å². The Morgan fingerprint density at radius 2 is 2.14 bits per heavy atom. The minimum Gasteiger partial charge on any atom is -0.484 e. The van der Waals surface area contributed by atoms with Crippen molar-refractivity contribution in [2.45, 2.75) is 13.3 Å². The first-order chi connectivity index (χ1) is 9.97. The minimum atomic E-state index is -0.875. The van der Waals surface area contributed by atoms with Crippen molar-refractivity contribution < 1.29 is 24.2 Å². The van der Waals surface area contributed by atoms with E-state index in [4.69, 9.17) is 9.84 Å². The molecule has 1 unspecified atom stereocenters. The highest BCUT2D eigenvalue weighted by Gasteiger charge is 2.30. The summed E-state index contributed by atoms with van der Waals surface area (Å²) in [6.07, 6.45) is 0.473. The lowest BCUT2D eigenvalue weighted by Gasteiger charge is -2.16. The molecule has 1 heterocycles. The van der Waals surface area contributed by atoms with E-state index in [1.54, 1.807) is 24.3 Å². The van der Waals surface area contributed by atoms with Gasteiger partial charge in [0.1, 0.15) is 5.75 Å². The van der Waals surface area contributed by atoms with Crippen molar-refractivity contribution in [3.05, 3.63) is 29.8 Å². The number of carboxylic acids is 1. The predicted octanol–water partition coefficient (Wildman–Crippen LogP) is 1.20. The van der Waals surface area contributed by atoms with Gasteiger partial charge in [0.05, 0.1) is 5.92 Å². The molecule has 1 saturated heterocycles. The maximum atomic E-state index is 11.9. The number of rotatable bonds is 5. The number of carbonyl (C=O) groups is 3. The maximum Gasteiger partial charge on any atom is 0.308 e. The van der Waals surface area contributed by atoms with Gasteiger partial charge in [-0.2, -0.15) is 0 Å². The van der Waals surface area contributed by atoms with Crippen LogP contribution in [0.4, 0.5) is 0 Å². The van der Waals surface area contributed by atoms with Gasteiger partial charge in [-0.05, 0) is 25.5 Å². The van der Waals surface area contributed by atoms with Gasteiger partial charge in [-0.3, -0.25) is 14.4 Å². The Labute approximate surface area is 122 Å². The molecule has 2 rings (SSSR count). The third kappa shape index (κ3) is 3.81. The van der Waals surface area contributed by atoms with Crippen LogP contribution >= 0.6 is 0 Å². The predicted molar refractivity (Wildman–Crippen MR) is 74.3 cm³/mol. The van der Waals surface area contributed by atoms with Gasteiger partial charge in [0.25, 0.3) is 5.91 Å². The second-order valence-electron chi connectivity index (χ2n) is 5.04. The Hall–Kier alpha value is -2.37. The van der Waals surface area contributed by atoms with Gasteiger partial charge in [0, 0.05) is 18.7 Å². The van der Waals surface area contributed by atoms with Gasteiger partial charge < -0.3 is 14.7 Å². The van der Waals surface area contributed by atoms with Crippen molar-refractivity contribution in [1.29, 1.82) is 0 Å². The standard InChI is InChI=1S/C15H17NO5/c1-10(17)11-3-2-4-13(7-11)21-9-14(18)16-6-5-12(8-16)15(19)20/h2-4,7,12H,5-6,8-9H2,1H3,(H,19,20). The molecule has 0 aliphatic carbocycles. The summed E-state index contributed by atoms with van der Waals surface area (Å²) >= 11 is 0. The summed E-state index contributed by atoms with van der Waals surface area (Å²) < 4.78 is 5.38. The van der Waals surface area contributed by atoms with Crippen LogP contribution in [0.2, 0.25) is 0 Å². The molecule has 21 heavy (non-hydrogen) atoms. The maximum absolute atomic E-state index is 11.9. The number of Topliss-reactive ketones (excluding diaryl/α,β-unsaturated/α-hetero) is 1. The van der Waals surface area contributed by atoms with Crippen molar-refractivity contribution in [2.75, 3.05) is 19.7 Å². The number of hydrogen-bond donors (Lipinski definition) is 1. The highest BCUT2D eigenvalue weighted by molar-refractivity contribution is 5.94. The van der Waals surface area contributed by atoms with Gasteiger partial charge >= 0.3 is 5.97 Å². The summed E-state index contributed by atoms with van der Waals surface area (Å²) in [7, 11) is 0. The summed E-state index contributed by atoms with van der Waals surface area (Å²) in [5, 5.41) is 8.90. The molecule has 1 atom stereocenters. The minimum absolute atomic E-state index is 0.0735. The van der Waals surface area contributed by atoms with Crippen molar-refractivity contribution in [1.82, 2.24) is 4.90 Å². The highest BCUT2D eigenvalue weighted by Crippen LogP contribution is 2.17. The number of nitrogens with zero attached hydrogens (tertiary/aromatic N) is 1. The van der Waals surface area contributed by atoms with E-state index in [1.807, 2.05) is 0 Å². The molecule has 0 saturated carbocycles. The summed E-state index contributed by atoms with van der Waals surface area (Å²) in [6, 6.07) is 6.62. The summed E-state index contributed by atoms with van der Waals surface area (Å²) in [6.45, 7) is 1.96. The smallest absolute Gasteiger partial charge is 0.308 e. The number of aliphatic carboxylic acids is 1. The van der Waals surface area contributed by atoms with E-state index in [0.29, 0.717) is 24.3 Å². The average molecular weight is 291 g/mol. The molecule has 0 aromatic heterocycles.